The van der Waals surface area contributed by atoms with Gasteiger partial charge >= 0.3 is 0 Å². The van der Waals surface area contributed by atoms with E-state index < -0.39 is 0 Å². The first-order valence-corrected chi connectivity index (χ1v) is 6.74. The lowest BCUT2D eigenvalue weighted by Gasteiger charge is -2.18. The van der Waals surface area contributed by atoms with Crippen LogP contribution in [-0.4, -0.2) is 30.9 Å². The fourth-order valence-electron chi connectivity index (χ4n) is 2.01. The zero-order chi connectivity index (χ0) is 13.4. The Morgan fingerprint density at radius 3 is 2.67 bits per heavy atom. The van der Waals surface area contributed by atoms with Crippen LogP contribution in [0.15, 0.2) is 24.3 Å². The number of amides is 1. The fourth-order valence-corrected chi connectivity index (χ4v) is 2.01. The largest absolute Gasteiger partial charge is 0.342 e. The Morgan fingerprint density at radius 2 is 2.00 bits per heavy atom. The average Bonchev–Trinajstić information content (AvgIpc) is 2.39. The molecule has 0 saturated heterocycles. The van der Waals surface area contributed by atoms with Crippen LogP contribution in [0.1, 0.15) is 42.1 Å². The number of rotatable bonds is 7. The lowest BCUT2D eigenvalue weighted by molar-refractivity contribution is 0.0791. The van der Waals surface area contributed by atoms with E-state index in [0.717, 1.165) is 30.5 Å². The van der Waals surface area contributed by atoms with Crippen molar-refractivity contribution < 1.29 is 4.79 Å². The molecule has 0 atom stereocenters. The molecule has 0 saturated carbocycles. The van der Waals surface area contributed by atoms with Crippen molar-refractivity contribution >= 4 is 5.91 Å². The highest BCUT2D eigenvalue weighted by Crippen LogP contribution is 2.12. The van der Waals surface area contributed by atoms with E-state index in [0.29, 0.717) is 6.54 Å². The highest BCUT2D eigenvalue weighted by atomic mass is 16.2. The summed E-state index contributed by atoms with van der Waals surface area (Å²) < 4.78 is 0. The highest BCUT2D eigenvalue weighted by Gasteiger charge is 2.14. The van der Waals surface area contributed by atoms with Crippen molar-refractivity contribution in [2.75, 3.05) is 20.1 Å². The number of carbonyl (C=O) groups excluding carboxylic acids is 1. The summed E-state index contributed by atoms with van der Waals surface area (Å²) in [6.45, 7) is 3.56. The zero-order valence-corrected chi connectivity index (χ0v) is 11.5. The van der Waals surface area contributed by atoms with Gasteiger partial charge in [0.05, 0.1) is 0 Å². The standard InChI is InChI=1S/C15H24N2O/c1-3-4-7-12-17(2)15(18)14-9-6-5-8-13(14)10-11-16/h5-6,8-9H,3-4,7,10-12,16H2,1-2H3. The first-order valence-electron chi connectivity index (χ1n) is 6.74. The van der Waals surface area contributed by atoms with Gasteiger partial charge in [0, 0.05) is 19.2 Å². The van der Waals surface area contributed by atoms with Crippen LogP contribution in [0.5, 0.6) is 0 Å². The summed E-state index contributed by atoms with van der Waals surface area (Å²) in [7, 11) is 1.87. The molecule has 0 aliphatic heterocycles. The number of nitrogens with zero attached hydrogens (tertiary/aromatic N) is 1. The molecule has 2 N–H and O–H groups in total. The van der Waals surface area contributed by atoms with Crippen molar-refractivity contribution in [3.8, 4) is 0 Å². The second kappa shape index (κ2) is 7.88. The minimum Gasteiger partial charge on any atom is -0.342 e. The van der Waals surface area contributed by atoms with E-state index in [2.05, 4.69) is 6.92 Å². The molecule has 0 aromatic heterocycles. The Hall–Kier alpha value is -1.35. The summed E-state index contributed by atoms with van der Waals surface area (Å²) in [6.07, 6.45) is 4.16. The van der Waals surface area contributed by atoms with Crippen molar-refractivity contribution in [2.45, 2.75) is 32.6 Å². The summed E-state index contributed by atoms with van der Waals surface area (Å²) in [5, 5.41) is 0. The van der Waals surface area contributed by atoms with E-state index in [1.54, 1.807) is 0 Å². The van der Waals surface area contributed by atoms with Crippen LogP contribution in [0.3, 0.4) is 0 Å². The van der Waals surface area contributed by atoms with Crippen molar-refractivity contribution in [3.05, 3.63) is 35.4 Å². The monoisotopic (exact) mass is 248 g/mol. The molecule has 0 aliphatic carbocycles. The smallest absolute Gasteiger partial charge is 0.253 e. The van der Waals surface area contributed by atoms with Gasteiger partial charge in [-0.25, -0.2) is 0 Å². The SMILES string of the molecule is CCCCCN(C)C(=O)c1ccccc1CCN. The molecule has 3 heteroatoms. The molecule has 1 aromatic carbocycles. The third-order valence-electron chi connectivity index (χ3n) is 3.11. The van der Waals surface area contributed by atoms with Gasteiger partial charge in [0.15, 0.2) is 0 Å². The van der Waals surface area contributed by atoms with E-state index >= 15 is 0 Å². The number of benzene rings is 1. The molecule has 1 rings (SSSR count). The Balaban J connectivity index is 2.70. The van der Waals surface area contributed by atoms with Crippen LogP contribution in [0.25, 0.3) is 0 Å². The quantitative estimate of drug-likeness (QED) is 0.753. The maximum Gasteiger partial charge on any atom is 0.253 e. The van der Waals surface area contributed by atoms with Crippen LogP contribution in [0.4, 0.5) is 0 Å². The van der Waals surface area contributed by atoms with E-state index in [1.165, 1.54) is 12.8 Å². The normalized spacial score (nSPS) is 10.4. The summed E-state index contributed by atoms with van der Waals surface area (Å²) in [4.78, 5) is 14.1. The average molecular weight is 248 g/mol. The third-order valence-corrected chi connectivity index (χ3v) is 3.11. The summed E-state index contributed by atoms with van der Waals surface area (Å²) in [5.41, 5.74) is 7.42. The van der Waals surface area contributed by atoms with Crippen LogP contribution in [0, 0.1) is 0 Å². The predicted octanol–water partition coefficient (Wildman–Crippen LogP) is 2.45. The second-order valence-electron chi connectivity index (χ2n) is 4.63. The first-order chi connectivity index (χ1) is 8.70. The van der Waals surface area contributed by atoms with Crippen molar-refractivity contribution in [1.29, 1.82) is 0 Å². The molecular weight excluding hydrogens is 224 g/mol. The van der Waals surface area contributed by atoms with Crippen molar-refractivity contribution in [3.63, 3.8) is 0 Å². The van der Waals surface area contributed by atoms with Gasteiger partial charge in [-0.2, -0.15) is 0 Å². The number of hydrogen-bond donors (Lipinski definition) is 1. The van der Waals surface area contributed by atoms with Crippen LogP contribution < -0.4 is 5.73 Å². The zero-order valence-electron chi connectivity index (χ0n) is 11.5. The van der Waals surface area contributed by atoms with Gasteiger partial charge in [-0.3, -0.25) is 4.79 Å². The van der Waals surface area contributed by atoms with Gasteiger partial charge < -0.3 is 10.6 Å². The molecule has 0 spiro atoms. The maximum atomic E-state index is 12.3. The third kappa shape index (κ3) is 4.15. The number of hydrogen-bond acceptors (Lipinski definition) is 2. The van der Waals surface area contributed by atoms with Gasteiger partial charge in [0.25, 0.3) is 5.91 Å². The minimum absolute atomic E-state index is 0.107. The molecule has 0 bridgehead atoms. The fraction of sp³-hybridized carbons (Fsp3) is 0.533. The van der Waals surface area contributed by atoms with Crippen LogP contribution >= 0.6 is 0 Å². The van der Waals surface area contributed by atoms with E-state index in [-0.39, 0.29) is 5.91 Å². The molecule has 0 radical (unpaired) electrons. The maximum absolute atomic E-state index is 12.3. The van der Waals surface area contributed by atoms with Gasteiger partial charge in [-0.05, 0) is 31.0 Å². The Bertz CT molecular complexity index is 377. The predicted molar refractivity (Wildman–Crippen MR) is 75.7 cm³/mol. The molecule has 1 amide bonds. The molecular formula is C15H24N2O. The molecule has 0 fully saturated rings. The van der Waals surface area contributed by atoms with Gasteiger partial charge in [0.2, 0.25) is 0 Å². The summed E-state index contributed by atoms with van der Waals surface area (Å²) in [6, 6.07) is 7.75. The molecule has 100 valence electrons. The van der Waals surface area contributed by atoms with Crippen LogP contribution in [-0.2, 0) is 6.42 Å². The summed E-state index contributed by atoms with van der Waals surface area (Å²) >= 11 is 0. The number of nitrogens with two attached hydrogens (primary N) is 1. The summed E-state index contributed by atoms with van der Waals surface area (Å²) in [5.74, 6) is 0.107. The molecule has 0 heterocycles. The molecule has 18 heavy (non-hydrogen) atoms. The van der Waals surface area contributed by atoms with Gasteiger partial charge in [-0.15, -0.1) is 0 Å². The van der Waals surface area contributed by atoms with E-state index in [1.807, 2.05) is 36.2 Å². The lowest BCUT2D eigenvalue weighted by atomic mass is 10.0. The van der Waals surface area contributed by atoms with Crippen molar-refractivity contribution in [1.82, 2.24) is 4.90 Å². The molecule has 3 nitrogen and oxygen atoms in total. The van der Waals surface area contributed by atoms with E-state index in [9.17, 15) is 4.79 Å². The topological polar surface area (TPSA) is 46.3 Å². The van der Waals surface area contributed by atoms with E-state index in [4.69, 9.17) is 5.73 Å². The molecule has 0 aliphatic rings. The van der Waals surface area contributed by atoms with Crippen LogP contribution in [0.2, 0.25) is 0 Å². The molecule has 0 unspecified atom stereocenters. The molecule has 1 aromatic rings. The Morgan fingerprint density at radius 1 is 1.28 bits per heavy atom. The Labute approximate surface area is 110 Å². The minimum atomic E-state index is 0.107. The second-order valence-corrected chi connectivity index (χ2v) is 4.63. The number of carbonyl (C=O) groups is 1. The van der Waals surface area contributed by atoms with Gasteiger partial charge in [-0.1, -0.05) is 38.0 Å². The Kier molecular flexibility index (Phi) is 6.44. The lowest BCUT2D eigenvalue weighted by Crippen LogP contribution is -2.28. The first kappa shape index (κ1) is 14.7. The van der Waals surface area contributed by atoms with Gasteiger partial charge in [0.1, 0.15) is 0 Å². The van der Waals surface area contributed by atoms with Crippen molar-refractivity contribution in [2.24, 2.45) is 5.73 Å². The number of unbranched alkanes of at least 4 members (excludes halogenated alkanes) is 2. The highest BCUT2D eigenvalue weighted by molar-refractivity contribution is 5.95.